The lowest BCUT2D eigenvalue weighted by molar-refractivity contribution is -0.413. The summed E-state index contributed by atoms with van der Waals surface area (Å²) in [5, 5.41) is 7.89. The Labute approximate surface area is 33.0 Å². The van der Waals surface area contributed by atoms with Gasteiger partial charge in [0.15, 0.2) is 0 Å². The highest BCUT2D eigenvalue weighted by Crippen LogP contribution is 1.87. The van der Waals surface area contributed by atoms with Crippen LogP contribution in [0.3, 0.4) is 0 Å². The molecule has 0 bridgehead atoms. The van der Waals surface area contributed by atoms with Gasteiger partial charge in [0.2, 0.25) is 0 Å². The molecule has 0 amide bonds. The highest BCUT2D eigenvalue weighted by Gasteiger charge is 1.58. The van der Waals surface area contributed by atoms with E-state index in [1.54, 1.807) is 0 Å². The Bertz CT molecular complexity index is 42.9. The largest absolute Gasteiger partial charge is 0.290 e. The van der Waals surface area contributed by atoms with Crippen molar-refractivity contribution in [1.29, 1.82) is 0 Å². The van der Waals surface area contributed by atoms with Crippen LogP contribution in [-0.4, -0.2) is 5.03 Å². The SMILES string of the molecule is O=[N+]([O-])[N-]Cl. The topological polar surface area (TPSA) is 57.2 Å². The molecule has 5 heteroatoms. The summed E-state index contributed by atoms with van der Waals surface area (Å²) in [6, 6.07) is 0. The average molecular weight is 95.5 g/mol. The summed E-state index contributed by atoms with van der Waals surface area (Å²) in [7, 11) is 0. The number of halogens is 1. The number of rotatable bonds is 1. The minimum atomic E-state index is -0.985. The van der Waals surface area contributed by atoms with E-state index in [-0.39, 0.29) is 0 Å². The first kappa shape index (κ1) is 4.49. The van der Waals surface area contributed by atoms with Gasteiger partial charge in [0.25, 0.3) is 0 Å². The molecule has 5 heavy (non-hydrogen) atoms. The van der Waals surface area contributed by atoms with Gasteiger partial charge in [0.05, 0.1) is 0 Å². The summed E-state index contributed by atoms with van der Waals surface area (Å²) in [6.45, 7) is 0. The molecule has 30 valence electrons. The molecule has 0 aliphatic carbocycles. The zero-order chi connectivity index (χ0) is 4.28. The Kier molecular flexibility index (Phi) is 1.60. The van der Waals surface area contributed by atoms with Crippen LogP contribution in [-0.2, 0) is 0 Å². The Morgan fingerprint density at radius 1 is 2.00 bits per heavy atom. The van der Waals surface area contributed by atoms with Crippen molar-refractivity contribution < 1.29 is 5.03 Å². The summed E-state index contributed by atoms with van der Waals surface area (Å²) >= 11 is 4.26. The maximum atomic E-state index is 8.88. The third-order valence-electron chi connectivity index (χ3n) is 0.0617. The average Bonchev–Trinajstić information content (AvgIpc) is 1.38. The van der Waals surface area contributed by atoms with Crippen molar-refractivity contribution in [2.75, 3.05) is 0 Å². The van der Waals surface area contributed by atoms with Crippen molar-refractivity contribution in [2.24, 2.45) is 0 Å². The van der Waals surface area contributed by atoms with E-state index in [1.807, 2.05) is 0 Å². The Morgan fingerprint density at radius 2 is 2.20 bits per heavy atom. The van der Waals surface area contributed by atoms with E-state index < -0.39 is 5.03 Å². The van der Waals surface area contributed by atoms with E-state index in [0.29, 0.717) is 0 Å². The van der Waals surface area contributed by atoms with Gasteiger partial charge in [0, 0.05) is 0 Å². The quantitative estimate of drug-likeness (QED) is 0.356. The molecule has 0 saturated heterocycles. The molecule has 0 rings (SSSR count). The van der Waals surface area contributed by atoms with Gasteiger partial charge in [-0.25, -0.2) is 0 Å². The van der Waals surface area contributed by atoms with E-state index in [0.717, 1.165) is 0 Å². The Balaban J connectivity index is 2.85. The maximum absolute atomic E-state index is 8.88. The molecule has 0 N–H and O–H groups in total. The molecule has 0 heterocycles. The number of hydrogen-bond acceptors (Lipinski definition) is 2. The second-order valence-corrected chi connectivity index (χ2v) is 0.465. The molecule has 0 atom stereocenters. The fourth-order valence-electron chi connectivity index (χ4n) is 0. The molecule has 0 fully saturated rings. The van der Waals surface area contributed by atoms with E-state index in [4.69, 9.17) is 10.1 Å². The zero-order valence-corrected chi connectivity index (χ0v) is 2.84. The first-order valence-electron chi connectivity index (χ1n) is 0.734. The van der Waals surface area contributed by atoms with Crippen LogP contribution in [0.1, 0.15) is 0 Å². The lowest BCUT2D eigenvalue weighted by Crippen LogP contribution is -1.77. The van der Waals surface area contributed by atoms with Crippen LogP contribution in [0.2, 0.25) is 0 Å². The third-order valence-corrected chi connectivity index (χ3v) is 0.185. The molecule has 0 spiro atoms. The van der Waals surface area contributed by atoms with Crippen LogP contribution in [0.5, 0.6) is 0 Å². The van der Waals surface area contributed by atoms with Gasteiger partial charge in [-0.15, -0.1) is 0 Å². The lowest BCUT2D eigenvalue weighted by atomic mass is 12.7. The summed E-state index contributed by atoms with van der Waals surface area (Å²) in [5.41, 5.74) is 0. The van der Waals surface area contributed by atoms with Gasteiger partial charge in [0.1, 0.15) is 0 Å². The molecule has 0 unspecified atom stereocenters. The van der Waals surface area contributed by atoms with Crippen LogP contribution in [0.15, 0.2) is 0 Å². The molecule has 0 aliphatic heterocycles. The van der Waals surface area contributed by atoms with Crippen molar-refractivity contribution in [3.05, 3.63) is 15.1 Å². The van der Waals surface area contributed by atoms with Gasteiger partial charge in [-0.3, -0.25) is 15.1 Å². The predicted octanol–water partition coefficient (Wildman–Crippen LogP) is 0.706. The van der Waals surface area contributed by atoms with Crippen molar-refractivity contribution in [1.82, 2.24) is 0 Å². The second kappa shape index (κ2) is 1.78. The molecule has 0 aliphatic rings. The van der Waals surface area contributed by atoms with Crippen LogP contribution < -0.4 is 0 Å². The van der Waals surface area contributed by atoms with Crippen LogP contribution in [0.25, 0.3) is 4.94 Å². The van der Waals surface area contributed by atoms with E-state index in [1.165, 1.54) is 0 Å². The molecule has 0 aromatic rings. The highest BCUT2D eigenvalue weighted by atomic mass is 35.5. The Hall–Kier alpha value is -0.510. The smallest absolute Gasteiger partial charge is 0.000237 e. The zero-order valence-electron chi connectivity index (χ0n) is 2.09. The van der Waals surface area contributed by atoms with Crippen molar-refractivity contribution in [2.45, 2.75) is 0 Å². The van der Waals surface area contributed by atoms with Crippen LogP contribution >= 0.6 is 11.8 Å². The van der Waals surface area contributed by atoms with E-state index in [9.17, 15) is 0 Å². The summed E-state index contributed by atoms with van der Waals surface area (Å²) in [6.07, 6.45) is 0. The number of nitrogens with zero attached hydrogens (tertiary/aromatic N) is 2. The lowest BCUT2D eigenvalue weighted by Gasteiger charge is -1.90. The molecular weight excluding hydrogens is 95.5 g/mol. The standard InChI is InChI=1S/ClN2O2/c1-2-3(4)5/q-1. The van der Waals surface area contributed by atoms with Gasteiger partial charge < -0.3 is 0 Å². The first-order valence-corrected chi connectivity index (χ1v) is 1.07. The summed E-state index contributed by atoms with van der Waals surface area (Å²) in [5.74, 6) is 0. The van der Waals surface area contributed by atoms with Gasteiger partial charge in [-0.05, 0) is 5.03 Å². The van der Waals surface area contributed by atoms with E-state index >= 15 is 0 Å². The molecule has 0 saturated carbocycles. The molecule has 0 aromatic carbocycles. The fourth-order valence-corrected chi connectivity index (χ4v) is 0. The monoisotopic (exact) mass is 95.0 g/mol. The number of nitro groups is 1. The molecule has 0 radical (unpaired) electrons. The van der Waals surface area contributed by atoms with Crippen molar-refractivity contribution >= 4 is 11.8 Å². The van der Waals surface area contributed by atoms with Crippen molar-refractivity contribution in [3.8, 4) is 0 Å². The minimum Gasteiger partial charge on any atom is -0.290 e. The fraction of sp³-hybridized carbons (Fsp3) is 0. The summed E-state index contributed by atoms with van der Waals surface area (Å²) < 4.78 is 0. The normalized spacial score (nSPS) is 6.60. The maximum Gasteiger partial charge on any atom is -0.000237 e. The van der Waals surface area contributed by atoms with Crippen molar-refractivity contribution in [3.63, 3.8) is 0 Å². The molecule has 0 aromatic heterocycles. The summed E-state index contributed by atoms with van der Waals surface area (Å²) in [4.78, 5) is 11.0. The minimum absolute atomic E-state index is 0.985. The van der Waals surface area contributed by atoms with Gasteiger partial charge in [-0.1, -0.05) is 0 Å². The predicted molar refractivity (Wildman–Crippen MR) is 16.2 cm³/mol. The first-order chi connectivity index (χ1) is 2.27. The van der Waals surface area contributed by atoms with Gasteiger partial charge >= 0.3 is 0 Å². The Morgan fingerprint density at radius 3 is 2.20 bits per heavy atom. The van der Waals surface area contributed by atoms with Crippen LogP contribution in [0.4, 0.5) is 0 Å². The van der Waals surface area contributed by atoms with Gasteiger partial charge in [-0.2, -0.15) is 11.8 Å². The third kappa shape index (κ3) is 3.49. The molecule has 4 nitrogen and oxygen atoms in total. The van der Waals surface area contributed by atoms with E-state index in [2.05, 4.69) is 16.7 Å². The highest BCUT2D eigenvalue weighted by molar-refractivity contribution is 6.23. The van der Waals surface area contributed by atoms with Crippen LogP contribution in [0, 0.1) is 10.1 Å². The molecular formula is ClN2O2-. The second-order valence-electron chi connectivity index (χ2n) is 0.313. The number of hydrogen-bond donors (Lipinski definition) is 0.